The fourth-order valence-corrected chi connectivity index (χ4v) is 1.07. The topological polar surface area (TPSA) is 55.1 Å². The Morgan fingerprint density at radius 2 is 2.58 bits per heavy atom. The van der Waals surface area contributed by atoms with Crippen molar-refractivity contribution < 1.29 is 9.32 Å². The first-order valence-electron chi connectivity index (χ1n) is 3.44. The highest BCUT2D eigenvalue weighted by molar-refractivity contribution is 7.99. The normalized spacial score (nSPS) is 9.83. The lowest BCUT2D eigenvalue weighted by molar-refractivity contribution is -0.113. The Morgan fingerprint density at radius 1 is 1.83 bits per heavy atom. The van der Waals surface area contributed by atoms with E-state index in [-0.39, 0.29) is 5.91 Å². The smallest absolute Gasteiger partial charge is 0.234 e. The minimum Gasteiger partial charge on any atom is -0.359 e. The molecule has 66 valence electrons. The second kappa shape index (κ2) is 4.15. The molecule has 1 amide bonds. The highest BCUT2D eigenvalue weighted by Gasteiger charge is 2.06. The van der Waals surface area contributed by atoms with Gasteiger partial charge in [-0.2, -0.15) is 11.8 Å². The van der Waals surface area contributed by atoms with E-state index in [9.17, 15) is 4.79 Å². The minimum absolute atomic E-state index is 0.0335. The van der Waals surface area contributed by atoms with E-state index in [2.05, 4.69) is 10.5 Å². The molecule has 1 aromatic heterocycles. The first kappa shape index (κ1) is 9.12. The lowest BCUT2D eigenvalue weighted by atomic mass is 10.4. The van der Waals surface area contributed by atoms with Gasteiger partial charge in [-0.15, -0.1) is 0 Å². The van der Waals surface area contributed by atoms with Gasteiger partial charge >= 0.3 is 0 Å². The number of amides is 1. The molecule has 0 aliphatic rings. The summed E-state index contributed by atoms with van der Waals surface area (Å²) >= 11 is 1.47. The van der Waals surface area contributed by atoms with Crippen LogP contribution in [0.2, 0.25) is 0 Å². The van der Waals surface area contributed by atoms with Gasteiger partial charge in [0.2, 0.25) is 5.91 Å². The summed E-state index contributed by atoms with van der Waals surface area (Å²) in [5.41, 5.74) is 0.647. The van der Waals surface area contributed by atoms with Crippen molar-refractivity contribution >= 4 is 23.4 Å². The molecule has 0 aliphatic heterocycles. The zero-order valence-electron chi connectivity index (χ0n) is 6.96. The zero-order chi connectivity index (χ0) is 8.97. The standard InChI is InChI=1S/C7H10N2O2S/c1-5-6(3-8-11-5)9-7(10)4-12-2/h3H,4H2,1-2H3,(H,9,10). The fourth-order valence-electron chi connectivity index (χ4n) is 0.736. The van der Waals surface area contributed by atoms with Crippen LogP contribution in [0.4, 0.5) is 5.69 Å². The average molecular weight is 186 g/mol. The van der Waals surface area contributed by atoms with Crippen LogP contribution in [0.5, 0.6) is 0 Å². The van der Waals surface area contributed by atoms with Crippen molar-refractivity contribution in [2.24, 2.45) is 0 Å². The summed E-state index contributed by atoms with van der Waals surface area (Å²) in [6.07, 6.45) is 3.37. The molecule has 0 radical (unpaired) electrons. The highest BCUT2D eigenvalue weighted by Crippen LogP contribution is 2.12. The van der Waals surface area contributed by atoms with Crippen LogP contribution in [0.25, 0.3) is 0 Å². The molecule has 0 atom stereocenters. The van der Waals surface area contributed by atoms with Gasteiger partial charge in [0.15, 0.2) is 5.76 Å². The van der Waals surface area contributed by atoms with Gasteiger partial charge in [0.05, 0.1) is 11.9 Å². The summed E-state index contributed by atoms with van der Waals surface area (Å²) in [5.74, 6) is 1.04. The van der Waals surface area contributed by atoms with Crippen LogP contribution in [0.1, 0.15) is 5.76 Å². The van der Waals surface area contributed by atoms with E-state index in [1.165, 1.54) is 18.0 Å². The summed E-state index contributed by atoms with van der Waals surface area (Å²) in [6.45, 7) is 1.75. The predicted molar refractivity (Wildman–Crippen MR) is 48.3 cm³/mol. The molecule has 12 heavy (non-hydrogen) atoms. The molecule has 1 N–H and O–H groups in total. The van der Waals surface area contributed by atoms with Gasteiger partial charge < -0.3 is 9.84 Å². The number of thioether (sulfide) groups is 1. The fraction of sp³-hybridized carbons (Fsp3) is 0.429. The molecule has 1 aromatic rings. The monoisotopic (exact) mass is 186 g/mol. The van der Waals surface area contributed by atoms with E-state index >= 15 is 0 Å². The number of nitrogens with zero attached hydrogens (tertiary/aromatic N) is 1. The summed E-state index contributed by atoms with van der Waals surface area (Å²) in [5, 5.41) is 6.21. The Balaban J connectivity index is 2.52. The first-order chi connectivity index (χ1) is 5.74. The molecule has 4 nitrogen and oxygen atoms in total. The maximum Gasteiger partial charge on any atom is 0.234 e. The van der Waals surface area contributed by atoms with Crippen LogP contribution in [0.3, 0.4) is 0 Å². The lowest BCUT2D eigenvalue weighted by Crippen LogP contribution is -2.13. The maximum atomic E-state index is 11.1. The third-order valence-corrected chi connectivity index (χ3v) is 1.85. The Kier molecular flexibility index (Phi) is 3.16. The Hall–Kier alpha value is -0.970. The molecule has 0 fully saturated rings. The molecule has 0 aromatic carbocycles. The molecule has 0 spiro atoms. The maximum absolute atomic E-state index is 11.1. The molecule has 0 unspecified atom stereocenters. The van der Waals surface area contributed by atoms with E-state index in [4.69, 9.17) is 4.52 Å². The van der Waals surface area contributed by atoms with Crippen molar-refractivity contribution in [2.75, 3.05) is 17.3 Å². The van der Waals surface area contributed by atoms with Crippen molar-refractivity contribution in [3.05, 3.63) is 12.0 Å². The number of carbonyl (C=O) groups excluding carboxylic acids is 1. The van der Waals surface area contributed by atoms with Gasteiger partial charge in [-0.1, -0.05) is 5.16 Å². The molecular formula is C7H10N2O2S. The Morgan fingerprint density at radius 3 is 3.08 bits per heavy atom. The zero-order valence-corrected chi connectivity index (χ0v) is 7.77. The van der Waals surface area contributed by atoms with Crippen LogP contribution in [0.15, 0.2) is 10.7 Å². The van der Waals surface area contributed by atoms with Gasteiger partial charge in [-0.3, -0.25) is 4.79 Å². The van der Waals surface area contributed by atoms with Crippen molar-refractivity contribution in [3.8, 4) is 0 Å². The molecule has 5 heteroatoms. The van der Waals surface area contributed by atoms with Crippen molar-refractivity contribution in [1.82, 2.24) is 5.16 Å². The second-order valence-corrected chi connectivity index (χ2v) is 3.14. The van der Waals surface area contributed by atoms with Crippen LogP contribution in [0, 0.1) is 6.92 Å². The molecule has 1 heterocycles. The van der Waals surface area contributed by atoms with Crippen LogP contribution in [-0.2, 0) is 4.79 Å². The number of anilines is 1. The van der Waals surface area contributed by atoms with E-state index in [1.54, 1.807) is 6.92 Å². The molecule has 0 aliphatic carbocycles. The van der Waals surface area contributed by atoms with Gasteiger partial charge in [-0.05, 0) is 13.2 Å². The number of carbonyl (C=O) groups is 1. The highest BCUT2D eigenvalue weighted by atomic mass is 32.2. The summed E-state index contributed by atoms with van der Waals surface area (Å²) in [6, 6.07) is 0. The third-order valence-electron chi connectivity index (χ3n) is 1.30. The van der Waals surface area contributed by atoms with Gasteiger partial charge in [0.25, 0.3) is 0 Å². The van der Waals surface area contributed by atoms with E-state index in [0.717, 1.165) is 0 Å². The van der Waals surface area contributed by atoms with Crippen LogP contribution in [-0.4, -0.2) is 23.1 Å². The van der Waals surface area contributed by atoms with Gasteiger partial charge in [0, 0.05) is 0 Å². The Labute approximate surface area is 74.7 Å². The summed E-state index contributed by atoms with van der Waals surface area (Å²) in [4.78, 5) is 11.1. The second-order valence-electron chi connectivity index (χ2n) is 2.28. The van der Waals surface area contributed by atoms with Crippen LogP contribution >= 0.6 is 11.8 Å². The molecule has 1 rings (SSSR count). The molecule has 0 saturated heterocycles. The molecule has 0 saturated carbocycles. The van der Waals surface area contributed by atoms with E-state index < -0.39 is 0 Å². The summed E-state index contributed by atoms with van der Waals surface area (Å²) in [7, 11) is 0. The summed E-state index contributed by atoms with van der Waals surface area (Å²) < 4.78 is 4.77. The van der Waals surface area contributed by atoms with E-state index in [0.29, 0.717) is 17.2 Å². The predicted octanol–water partition coefficient (Wildman–Crippen LogP) is 1.28. The quantitative estimate of drug-likeness (QED) is 0.772. The van der Waals surface area contributed by atoms with Gasteiger partial charge in [0.1, 0.15) is 5.69 Å². The van der Waals surface area contributed by atoms with E-state index in [1.807, 2.05) is 6.26 Å². The number of nitrogens with one attached hydrogen (secondary N) is 1. The van der Waals surface area contributed by atoms with Crippen LogP contribution < -0.4 is 5.32 Å². The number of rotatable bonds is 3. The average Bonchev–Trinajstić information content (AvgIpc) is 2.37. The van der Waals surface area contributed by atoms with Crippen molar-refractivity contribution in [3.63, 3.8) is 0 Å². The molecular weight excluding hydrogens is 176 g/mol. The van der Waals surface area contributed by atoms with Crippen molar-refractivity contribution in [1.29, 1.82) is 0 Å². The minimum atomic E-state index is -0.0335. The third kappa shape index (κ3) is 2.27. The number of aryl methyl sites for hydroxylation is 1. The largest absolute Gasteiger partial charge is 0.359 e. The van der Waals surface area contributed by atoms with Crippen molar-refractivity contribution in [2.45, 2.75) is 6.92 Å². The Bertz CT molecular complexity index is 272. The van der Waals surface area contributed by atoms with Gasteiger partial charge in [-0.25, -0.2) is 0 Å². The number of aromatic nitrogens is 1. The lowest BCUT2D eigenvalue weighted by Gasteiger charge is -1.99. The number of hydrogen-bond acceptors (Lipinski definition) is 4. The number of hydrogen-bond donors (Lipinski definition) is 1. The SMILES string of the molecule is CSCC(=O)Nc1cnoc1C. The molecule has 0 bridgehead atoms. The first-order valence-corrected chi connectivity index (χ1v) is 4.83.